The second kappa shape index (κ2) is 7.39. The summed E-state index contributed by atoms with van der Waals surface area (Å²) in [7, 11) is 0. The fourth-order valence-electron chi connectivity index (χ4n) is 3.62. The van der Waals surface area contributed by atoms with Gasteiger partial charge in [-0.25, -0.2) is 4.98 Å². The van der Waals surface area contributed by atoms with E-state index in [4.69, 9.17) is 4.74 Å². The lowest BCUT2D eigenvalue weighted by Gasteiger charge is -2.30. The molecule has 27 heavy (non-hydrogen) atoms. The van der Waals surface area contributed by atoms with Crippen LogP contribution in [0.4, 0.5) is 5.95 Å². The first-order valence-corrected chi connectivity index (χ1v) is 9.53. The Morgan fingerprint density at radius 3 is 2.74 bits per heavy atom. The first kappa shape index (κ1) is 17.5. The fraction of sp³-hybridized carbons (Fsp3) is 0.381. The first-order chi connectivity index (χ1) is 13.2. The number of rotatable bonds is 4. The molecular weight excluding hydrogens is 340 g/mol. The van der Waals surface area contributed by atoms with Gasteiger partial charge < -0.3 is 9.64 Å². The molecule has 1 aliphatic rings. The number of aromatic nitrogens is 3. The zero-order valence-corrected chi connectivity index (χ0v) is 15.7. The number of ether oxygens (including phenoxy) is 1. The van der Waals surface area contributed by atoms with Gasteiger partial charge in [0.25, 0.3) is 5.56 Å². The Bertz CT molecular complexity index is 1010. The van der Waals surface area contributed by atoms with Crippen molar-refractivity contribution in [1.82, 2.24) is 15.0 Å². The SMILES string of the molecule is CCOc1ccccc1-c1ccnc2nc(N3CCC(C)CC3)[nH]c(=O)c12. The van der Waals surface area contributed by atoms with E-state index >= 15 is 0 Å². The summed E-state index contributed by atoms with van der Waals surface area (Å²) in [6.45, 7) is 6.58. The van der Waals surface area contributed by atoms with Crippen LogP contribution in [0.3, 0.4) is 0 Å². The number of piperidine rings is 1. The van der Waals surface area contributed by atoms with Crippen LogP contribution in [0.5, 0.6) is 5.75 Å². The Kier molecular flexibility index (Phi) is 4.79. The molecule has 6 nitrogen and oxygen atoms in total. The molecule has 0 amide bonds. The molecule has 1 aromatic carbocycles. The van der Waals surface area contributed by atoms with Crippen LogP contribution in [0.1, 0.15) is 26.7 Å². The smallest absolute Gasteiger partial charge is 0.262 e. The summed E-state index contributed by atoms with van der Waals surface area (Å²) in [4.78, 5) is 27.1. The van der Waals surface area contributed by atoms with Crippen molar-refractivity contribution in [2.24, 2.45) is 5.92 Å². The zero-order valence-electron chi connectivity index (χ0n) is 15.7. The first-order valence-electron chi connectivity index (χ1n) is 9.53. The van der Waals surface area contributed by atoms with Gasteiger partial charge in [-0.15, -0.1) is 0 Å². The molecule has 3 heterocycles. The molecule has 0 aliphatic carbocycles. The number of hydrogen-bond donors (Lipinski definition) is 1. The highest BCUT2D eigenvalue weighted by Crippen LogP contribution is 2.33. The van der Waals surface area contributed by atoms with Crippen LogP contribution in [0.15, 0.2) is 41.3 Å². The predicted molar refractivity (Wildman–Crippen MR) is 107 cm³/mol. The minimum Gasteiger partial charge on any atom is -0.493 e. The summed E-state index contributed by atoms with van der Waals surface area (Å²) < 4.78 is 5.75. The minimum absolute atomic E-state index is 0.164. The van der Waals surface area contributed by atoms with Gasteiger partial charge in [0.15, 0.2) is 5.65 Å². The maximum Gasteiger partial charge on any atom is 0.262 e. The molecule has 6 heteroatoms. The van der Waals surface area contributed by atoms with Crippen LogP contribution in [0.25, 0.3) is 22.2 Å². The molecule has 0 unspecified atom stereocenters. The van der Waals surface area contributed by atoms with Gasteiger partial charge in [0, 0.05) is 30.4 Å². The van der Waals surface area contributed by atoms with Crippen LogP contribution in [-0.4, -0.2) is 34.6 Å². The molecule has 0 atom stereocenters. The summed E-state index contributed by atoms with van der Waals surface area (Å²) in [5.74, 6) is 2.08. The third-order valence-corrected chi connectivity index (χ3v) is 5.16. The predicted octanol–water partition coefficient (Wildman–Crippen LogP) is 3.62. The lowest BCUT2D eigenvalue weighted by molar-refractivity contribution is 0.341. The van der Waals surface area contributed by atoms with Crippen molar-refractivity contribution in [3.8, 4) is 16.9 Å². The van der Waals surface area contributed by atoms with E-state index in [1.807, 2.05) is 37.3 Å². The molecule has 1 saturated heterocycles. The summed E-state index contributed by atoms with van der Waals surface area (Å²) in [5, 5.41) is 0.499. The van der Waals surface area contributed by atoms with Gasteiger partial charge in [-0.05, 0) is 37.8 Å². The number of hydrogen-bond acceptors (Lipinski definition) is 5. The second-order valence-corrected chi connectivity index (χ2v) is 7.05. The van der Waals surface area contributed by atoms with Gasteiger partial charge in [-0.1, -0.05) is 25.1 Å². The highest BCUT2D eigenvalue weighted by Gasteiger charge is 2.20. The number of benzene rings is 1. The molecule has 3 aromatic rings. The molecule has 1 aliphatic heterocycles. The molecule has 0 spiro atoms. The summed E-state index contributed by atoms with van der Waals surface area (Å²) >= 11 is 0. The van der Waals surface area contributed by atoms with Crippen molar-refractivity contribution in [2.75, 3.05) is 24.6 Å². The van der Waals surface area contributed by atoms with E-state index in [9.17, 15) is 4.79 Å². The van der Waals surface area contributed by atoms with E-state index in [2.05, 4.69) is 26.8 Å². The van der Waals surface area contributed by atoms with E-state index in [0.29, 0.717) is 29.5 Å². The quantitative estimate of drug-likeness (QED) is 0.766. The largest absolute Gasteiger partial charge is 0.493 e. The Morgan fingerprint density at radius 2 is 1.96 bits per heavy atom. The zero-order chi connectivity index (χ0) is 18.8. The van der Waals surface area contributed by atoms with Gasteiger partial charge >= 0.3 is 0 Å². The standard InChI is InChI=1S/C21H24N4O2/c1-3-27-17-7-5-4-6-15(17)16-8-11-22-19-18(16)20(26)24-21(23-19)25-12-9-14(2)10-13-25/h4-8,11,14H,3,9-10,12-13H2,1-2H3,(H,22,23,24,26). The van der Waals surface area contributed by atoms with Crippen LogP contribution >= 0.6 is 0 Å². The lowest BCUT2D eigenvalue weighted by atomic mass is 9.99. The number of anilines is 1. The van der Waals surface area contributed by atoms with Gasteiger partial charge in [0.2, 0.25) is 5.95 Å². The molecule has 1 fully saturated rings. The van der Waals surface area contributed by atoms with Gasteiger partial charge in [-0.3, -0.25) is 9.78 Å². The summed E-state index contributed by atoms with van der Waals surface area (Å²) in [5.41, 5.74) is 1.97. The molecule has 140 valence electrons. The number of pyridine rings is 1. The monoisotopic (exact) mass is 364 g/mol. The highest BCUT2D eigenvalue weighted by molar-refractivity contribution is 5.93. The van der Waals surface area contributed by atoms with Crippen molar-refractivity contribution in [2.45, 2.75) is 26.7 Å². The van der Waals surface area contributed by atoms with E-state index in [1.54, 1.807) is 6.20 Å². The number of H-pyrrole nitrogens is 1. The average molecular weight is 364 g/mol. The number of nitrogens with zero attached hydrogens (tertiary/aromatic N) is 3. The number of para-hydroxylation sites is 1. The average Bonchev–Trinajstić information content (AvgIpc) is 2.69. The van der Waals surface area contributed by atoms with Crippen LogP contribution in [0, 0.1) is 5.92 Å². The van der Waals surface area contributed by atoms with Gasteiger partial charge in [-0.2, -0.15) is 4.98 Å². The number of nitrogens with one attached hydrogen (secondary N) is 1. The summed E-state index contributed by atoms with van der Waals surface area (Å²) in [6, 6.07) is 9.58. The Morgan fingerprint density at radius 1 is 1.19 bits per heavy atom. The maximum absolute atomic E-state index is 13.0. The number of fused-ring (bicyclic) bond motifs is 1. The molecule has 0 bridgehead atoms. The molecule has 1 N–H and O–H groups in total. The van der Waals surface area contributed by atoms with Crippen LogP contribution in [0.2, 0.25) is 0 Å². The van der Waals surface area contributed by atoms with Crippen molar-refractivity contribution in [3.63, 3.8) is 0 Å². The van der Waals surface area contributed by atoms with Crippen LogP contribution < -0.4 is 15.2 Å². The van der Waals surface area contributed by atoms with E-state index < -0.39 is 0 Å². The van der Waals surface area contributed by atoms with E-state index in [0.717, 1.165) is 42.8 Å². The maximum atomic E-state index is 13.0. The van der Waals surface area contributed by atoms with Crippen LogP contribution in [-0.2, 0) is 0 Å². The summed E-state index contributed by atoms with van der Waals surface area (Å²) in [6.07, 6.45) is 3.92. The van der Waals surface area contributed by atoms with Crippen molar-refractivity contribution < 1.29 is 4.74 Å². The lowest BCUT2D eigenvalue weighted by Crippen LogP contribution is -2.35. The minimum atomic E-state index is -0.164. The van der Waals surface area contributed by atoms with E-state index in [1.165, 1.54) is 0 Å². The normalized spacial score (nSPS) is 15.3. The van der Waals surface area contributed by atoms with Gasteiger partial charge in [0.05, 0.1) is 12.0 Å². The molecule has 0 radical (unpaired) electrons. The Balaban J connectivity index is 1.82. The molecule has 2 aromatic heterocycles. The second-order valence-electron chi connectivity index (χ2n) is 7.05. The Labute approximate surface area is 158 Å². The van der Waals surface area contributed by atoms with E-state index in [-0.39, 0.29) is 5.56 Å². The topological polar surface area (TPSA) is 71.1 Å². The fourth-order valence-corrected chi connectivity index (χ4v) is 3.62. The van der Waals surface area contributed by atoms with Crippen molar-refractivity contribution >= 4 is 17.0 Å². The Hall–Kier alpha value is -2.89. The number of aromatic amines is 1. The third-order valence-electron chi connectivity index (χ3n) is 5.16. The van der Waals surface area contributed by atoms with Crippen molar-refractivity contribution in [3.05, 3.63) is 46.9 Å². The third kappa shape index (κ3) is 3.39. The molecule has 0 saturated carbocycles. The highest BCUT2D eigenvalue weighted by atomic mass is 16.5. The molecular formula is C21H24N4O2. The van der Waals surface area contributed by atoms with Gasteiger partial charge in [0.1, 0.15) is 5.75 Å². The van der Waals surface area contributed by atoms with Crippen molar-refractivity contribution in [1.29, 1.82) is 0 Å². The molecule has 4 rings (SSSR count).